The Hall–Kier alpha value is -2.35. The van der Waals surface area contributed by atoms with Crippen LogP contribution in [0.2, 0.25) is 0 Å². The van der Waals surface area contributed by atoms with E-state index in [0.717, 1.165) is 57.9 Å². The Labute approximate surface area is 172 Å². The summed E-state index contributed by atoms with van der Waals surface area (Å²) in [7, 11) is 0. The highest BCUT2D eigenvalue weighted by Gasteiger charge is 2.23. The van der Waals surface area contributed by atoms with Crippen molar-refractivity contribution in [1.29, 1.82) is 0 Å². The van der Waals surface area contributed by atoms with Crippen molar-refractivity contribution in [3.8, 4) is 5.75 Å². The number of primary amides is 1. The highest BCUT2D eigenvalue weighted by atomic mass is 19.1. The largest absolute Gasteiger partial charge is 0.489 e. The molecule has 1 aromatic rings. The predicted molar refractivity (Wildman–Crippen MR) is 113 cm³/mol. The molecule has 0 spiro atoms. The minimum atomic E-state index is -0.316. The number of nitrogens with one attached hydrogen (secondary N) is 2. The third kappa shape index (κ3) is 8.68. The lowest BCUT2D eigenvalue weighted by Gasteiger charge is -2.31. The van der Waals surface area contributed by atoms with Crippen LogP contribution in [0, 0.1) is 11.7 Å². The minimum absolute atomic E-state index is 0.0184. The van der Waals surface area contributed by atoms with Crippen molar-refractivity contribution in [2.24, 2.45) is 16.6 Å². The van der Waals surface area contributed by atoms with Crippen molar-refractivity contribution in [3.05, 3.63) is 30.1 Å². The van der Waals surface area contributed by atoms with Crippen LogP contribution in [-0.2, 0) is 4.79 Å². The number of hydrogen-bond donors (Lipinski definition) is 3. The fourth-order valence-electron chi connectivity index (χ4n) is 3.37. The Morgan fingerprint density at radius 2 is 2.28 bits per heavy atom. The molecular formula is C21H34FN5O2. The fourth-order valence-corrected chi connectivity index (χ4v) is 3.37. The Morgan fingerprint density at radius 1 is 1.45 bits per heavy atom. The molecule has 2 unspecified atom stereocenters. The highest BCUT2D eigenvalue weighted by Crippen LogP contribution is 2.16. The number of piperidine rings is 1. The molecule has 1 aliphatic heterocycles. The van der Waals surface area contributed by atoms with Gasteiger partial charge in [0.25, 0.3) is 0 Å². The summed E-state index contributed by atoms with van der Waals surface area (Å²) in [6.45, 7) is 8.63. The average Bonchev–Trinajstić information content (AvgIpc) is 2.69. The lowest BCUT2D eigenvalue weighted by Crippen LogP contribution is -2.43. The van der Waals surface area contributed by atoms with E-state index in [-0.39, 0.29) is 23.7 Å². The number of aliphatic imine (C=N–C) groups is 1. The van der Waals surface area contributed by atoms with E-state index in [0.29, 0.717) is 12.3 Å². The molecule has 0 aromatic heterocycles. The molecule has 1 aromatic carbocycles. The smallest absolute Gasteiger partial charge is 0.221 e. The topological polar surface area (TPSA) is 92.0 Å². The number of benzene rings is 1. The van der Waals surface area contributed by atoms with E-state index in [1.54, 1.807) is 12.1 Å². The van der Waals surface area contributed by atoms with Crippen LogP contribution in [0.15, 0.2) is 29.3 Å². The molecule has 4 N–H and O–H groups in total. The molecule has 8 heteroatoms. The van der Waals surface area contributed by atoms with Gasteiger partial charge in [-0.15, -0.1) is 0 Å². The fraction of sp³-hybridized carbons (Fsp3) is 0.619. The third-order valence-corrected chi connectivity index (χ3v) is 4.84. The number of rotatable bonds is 10. The average molecular weight is 408 g/mol. The number of halogens is 1. The van der Waals surface area contributed by atoms with E-state index in [1.165, 1.54) is 12.1 Å². The van der Waals surface area contributed by atoms with Crippen LogP contribution in [0.4, 0.5) is 4.39 Å². The Balaban J connectivity index is 1.72. The first kappa shape index (κ1) is 22.9. The molecule has 1 saturated heterocycles. The van der Waals surface area contributed by atoms with Gasteiger partial charge in [0.2, 0.25) is 5.91 Å². The number of likely N-dealkylation sites (tertiary alicyclic amines) is 1. The second-order valence-electron chi connectivity index (χ2n) is 7.43. The predicted octanol–water partition coefficient (Wildman–Crippen LogP) is 1.74. The second kappa shape index (κ2) is 12.3. The Kier molecular flexibility index (Phi) is 9.70. The van der Waals surface area contributed by atoms with Gasteiger partial charge in [-0.2, -0.15) is 0 Å². The van der Waals surface area contributed by atoms with Gasteiger partial charge in [-0.1, -0.05) is 6.07 Å². The zero-order valence-corrected chi connectivity index (χ0v) is 17.5. The lowest BCUT2D eigenvalue weighted by molar-refractivity contribution is -0.123. The molecule has 0 radical (unpaired) electrons. The summed E-state index contributed by atoms with van der Waals surface area (Å²) in [5.41, 5.74) is 5.44. The number of amides is 1. The summed E-state index contributed by atoms with van der Waals surface area (Å²) < 4.78 is 19.0. The summed E-state index contributed by atoms with van der Waals surface area (Å²) in [6, 6.07) is 6.12. The normalized spacial score (nSPS) is 18.9. The highest BCUT2D eigenvalue weighted by molar-refractivity contribution is 5.79. The molecule has 1 fully saturated rings. The van der Waals surface area contributed by atoms with Crippen LogP contribution in [0.3, 0.4) is 0 Å². The lowest BCUT2D eigenvalue weighted by atomic mass is 9.97. The molecule has 0 bridgehead atoms. The van der Waals surface area contributed by atoms with Crippen LogP contribution in [-0.4, -0.2) is 62.1 Å². The van der Waals surface area contributed by atoms with Gasteiger partial charge in [-0.25, -0.2) is 9.38 Å². The summed E-state index contributed by atoms with van der Waals surface area (Å²) >= 11 is 0. The molecule has 2 rings (SSSR count). The van der Waals surface area contributed by atoms with Crippen LogP contribution >= 0.6 is 0 Å². The van der Waals surface area contributed by atoms with E-state index < -0.39 is 0 Å². The van der Waals surface area contributed by atoms with Gasteiger partial charge in [0.15, 0.2) is 5.96 Å². The molecule has 0 aliphatic carbocycles. The summed E-state index contributed by atoms with van der Waals surface area (Å²) in [4.78, 5) is 18.2. The quantitative estimate of drug-likeness (QED) is 0.312. The van der Waals surface area contributed by atoms with Crippen LogP contribution in [0.1, 0.15) is 33.1 Å². The van der Waals surface area contributed by atoms with Gasteiger partial charge in [-0.05, 0) is 58.3 Å². The zero-order valence-electron chi connectivity index (χ0n) is 17.5. The molecule has 7 nitrogen and oxygen atoms in total. The monoisotopic (exact) mass is 407 g/mol. The molecular weight excluding hydrogens is 373 g/mol. The number of guanidine groups is 1. The Bertz CT molecular complexity index is 670. The van der Waals surface area contributed by atoms with Crippen LogP contribution in [0.25, 0.3) is 0 Å². The number of ether oxygens (including phenoxy) is 1. The number of nitrogens with zero attached hydrogens (tertiary/aromatic N) is 2. The Morgan fingerprint density at radius 3 is 3.00 bits per heavy atom. The van der Waals surface area contributed by atoms with Crippen molar-refractivity contribution in [3.63, 3.8) is 0 Å². The number of carbonyl (C=O) groups excluding carboxylic acids is 1. The molecule has 29 heavy (non-hydrogen) atoms. The molecule has 1 heterocycles. The van der Waals surface area contributed by atoms with Gasteiger partial charge in [0.05, 0.1) is 12.5 Å². The van der Waals surface area contributed by atoms with E-state index in [9.17, 15) is 9.18 Å². The van der Waals surface area contributed by atoms with Gasteiger partial charge in [0, 0.05) is 25.7 Å². The molecule has 1 aliphatic rings. The molecule has 2 atom stereocenters. The van der Waals surface area contributed by atoms with E-state index in [1.807, 2.05) is 13.8 Å². The van der Waals surface area contributed by atoms with Crippen LogP contribution in [0.5, 0.6) is 5.75 Å². The summed E-state index contributed by atoms with van der Waals surface area (Å²) in [5, 5.41) is 6.55. The number of nitrogens with two attached hydrogens (primary N) is 1. The SMILES string of the molecule is CCNC(=NCC(C)Oc1cccc(F)c1)NCCCN1CCCC(C(N)=O)C1. The minimum Gasteiger partial charge on any atom is -0.489 e. The first-order chi connectivity index (χ1) is 14.0. The van der Waals surface area contributed by atoms with Crippen molar-refractivity contribution in [2.45, 2.75) is 39.2 Å². The second-order valence-corrected chi connectivity index (χ2v) is 7.43. The van der Waals surface area contributed by atoms with Gasteiger partial charge in [0.1, 0.15) is 17.7 Å². The van der Waals surface area contributed by atoms with Crippen LogP contribution < -0.4 is 21.1 Å². The zero-order chi connectivity index (χ0) is 21.1. The third-order valence-electron chi connectivity index (χ3n) is 4.84. The van der Waals surface area contributed by atoms with Gasteiger partial charge >= 0.3 is 0 Å². The maximum absolute atomic E-state index is 13.2. The van der Waals surface area contributed by atoms with E-state index in [2.05, 4.69) is 20.5 Å². The molecule has 162 valence electrons. The number of hydrogen-bond acceptors (Lipinski definition) is 4. The first-order valence-corrected chi connectivity index (χ1v) is 10.4. The van der Waals surface area contributed by atoms with E-state index in [4.69, 9.17) is 10.5 Å². The van der Waals surface area contributed by atoms with Crippen molar-refractivity contribution >= 4 is 11.9 Å². The van der Waals surface area contributed by atoms with Crippen molar-refractivity contribution < 1.29 is 13.9 Å². The first-order valence-electron chi connectivity index (χ1n) is 10.4. The maximum atomic E-state index is 13.2. The van der Waals surface area contributed by atoms with Gasteiger partial charge in [-0.3, -0.25) is 4.79 Å². The van der Waals surface area contributed by atoms with Gasteiger partial charge < -0.3 is 26.0 Å². The number of carbonyl (C=O) groups is 1. The van der Waals surface area contributed by atoms with Crippen molar-refractivity contribution in [2.75, 3.05) is 39.3 Å². The molecule has 1 amide bonds. The summed E-state index contributed by atoms with van der Waals surface area (Å²) in [5.74, 6) is 0.709. The van der Waals surface area contributed by atoms with E-state index >= 15 is 0 Å². The standard InChI is InChI=1S/C21H34FN5O2/c1-3-24-21(26-14-16(2)29-19-9-4-8-18(22)13-19)25-10-6-12-27-11-5-7-17(15-27)20(23)28/h4,8-9,13,16-17H,3,5-7,10-12,14-15H2,1-2H3,(H2,23,28)(H2,24,25,26). The molecule has 0 saturated carbocycles. The summed E-state index contributed by atoms with van der Waals surface area (Å²) in [6.07, 6.45) is 2.70. The van der Waals surface area contributed by atoms with Crippen molar-refractivity contribution in [1.82, 2.24) is 15.5 Å². The maximum Gasteiger partial charge on any atom is 0.221 e.